The molecule has 0 unspecified atom stereocenters. The zero-order valence-corrected chi connectivity index (χ0v) is 17.9. The number of rotatable bonds is 5. The first-order valence-electron chi connectivity index (χ1n) is 8.99. The second kappa shape index (κ2) is 8.56. The Hall–Kier alpha value is -2.01. The number of hydrogen-bond acceptors (Lipinski definition) is 6. The highest BCUT2D eigenvalue weighted by molar-refractivity contribution is 7.89. The number of hydrogen-bond donors (Lipinski definition) is 1. The summed E-state index contributed by atoms with van der Waals surface area (Å²) < 4.78 is 30.9. The Morgan fingerprint density at radius 2 is 1.96 bits per heavy atom. The number of nitrogens with one attached hydrogen (secondary N) is 1. The molecule has 1 N–H and O–H groups in total. The van der Waals surface area contributed by atoms with Gasteiger partial charge in [0.2, 0.25) is 10.0 Å². The van der Waals surface area contributed by atoms with Crippen molar-refractivity contribution in [1.82, 2.24) is 19.3 Å². The molecule has 8 nitrogen and oxygen atoms in total. The van der Waals surface area contributed by atoms with Crippen LogP contribution < -0.4 is 5.32 Å². The van der Waals surface area contributed by atoms with Gasteiger partial charge in [0.1, 0.15) is 5.76 Å². The molecule has 2 aromatic rings. The van der Waals surface area contributed by atoms with E-state index in [1.807, 2.05) is 19.1 Å². The van der Waals surface area contributed by atoms with E-state index in [1.165, 1.54) is 18.4 Å². The van der Waals surface area contributed by atoms with Crippen LogP contribution in [0.3, 0.4) is 0 Å². The molecule has 3 rings (SSSR count). The number of piperazine rings is 1. The molecule has 1 fully saturated rings. The largest absolute Gasteiger partial charge is 0.361 e. The Labute approximate surface area is 171 Å². The maximum absolute atomic E-state index is 12.3. The molecule has 0 bridgehead atoms. The summed E-state index contributed by atoms with van der Waals surface area (Å²) in [5.74, 6) is 0.817. The first-order chi connectivity index (χ1) is 13.3. The Kier molecular flexibility index (Phi) is 6.33. The Balaban J connectivity index is 1.56. The molecule has 0 amide bonds. The topological polar surface area (TPSA) is 81.9 Å². The predicted molar refractivity (Wildman–Crippen MR) is 112 cm³/mol. The molecule has 1 aromatic heterocycles. The van der Waals surface area contributed by atoms with Crippen molar-refractivity contribution in [2.45, 2.75) is 18.4 Å². The molecule has 2 heterocycles. The smallest absolute Gasteiger partial charge is 0.242 e. The van der Waals surface area contributed by atoms with Gasteiger partial charge in [-0.25, -0.2) is 12.7 Å². The van der Waals surface area contributed by atoms with E-state index in [9.17, 15) is 8.42 Å². The van der Waals surface area contributed by atoms with Crippen LogP contribution >= 0.6 is 12.2 Å². The molecular formula is C18H25N5O3S2. The summed E-state index contributed by atoms with van der Waals surface area (Å²) in [7, 11) is -0.452. The van der Waals surface area contributed by atoms with Gasteiger partial charge in [-0.2, -0.15) is 0 Å². The second-order valence-electron chi connectivity index (χ2n) is 6.94. The number of thiocarbonyl (C=S) groups is 1. The van der Waals surface area contributed by atoms with Crippen LogP contribution in [0.25, 0.3) is 0 Å². The fraction of sp³-hybridized carbons (Fsp3) is 0.444. The zero-order chi connectivity index (χ0) is 20.3. The fourth-order valence-corrected chi connectivity index (χ4v) is 4.23. The summed E-state index contributed by atoms with van der Waals surface area (Å²) in [6.45, 7) is 5.95. The van der Waals surface area contributed by atoms with Crippen LogP contribution in [0.15, 0.2) is 39.8 Å². The average molecular weight is 424 g/mol. The van der Waals surface area contributed by atoms with Crippen molar-refractivity contribution in [1.29, 1.82) is 0 Å². The highest BCUT2D eigenvalue weighted by Crippen LogP contribution is 2.19. The first-order valence-corrected chi connectivity index (χ1v) is 10.8. The number of aryl methyl sites for hydroxylation is 1. The monoisotopic (exact) mass is 423 g/mol. The van der Waals surface area contributed by atoms with Crippen LogP contribution in [0.4, 0.5) is 5.69 Å². The molecule has 152 valence electrons. The molecule has 10 heteroatoms. The maximum atomic E-state index is 12.3. The van der Waals surface area contributed by atoms with Gasteiger partial charge < -0.3 is 14.7 Å². The van der Waals surface area contributed by atoms with E-state index in [-0.39, 0.29) is 4.90 Å². The summed E-state index contributed by atoms with van der Waals surface area (Å²) >= 11 is 5.53. The van der Waals surface area contributed by atoms with E-state index in [2.05, 4.69) is 20.3 Å². The molecule has 0 aliphatic carbocycles. The lowest BCUT2D eigenvalue weighted by Gasteiger charge is -2.35. The lowest BCUT2D eigenvalue weighted by molar-refractivity contribution is 0.173. The minimum atomic E-state index is -3.48. The maximum Gasteiger partial charge on any atom is 0.242 e. The van der Waals surface area contributed by atoms with E-state index in [4.69, 9.17) is 16.7 Å². The van der Waals surface area contributed by atoms with Gasteiger partial charge in [0.25, 0.3) is 0 Å². The van der Waals surface area contributed by atoms with Gasteiger partial charge in [-0.15, -0.1) is 0 Å². The standard InChI is InChI=1S/C18H25N5O3S2/c1-14-11-16(20-26-14)13-22-7-9-23(10-8-22)18(27)19-15-5-4-6-17(12-15)28(24,25)21(2)3/h4-6,11-12H,7-10,13H2,1-3H3,(H,19,27). The molecule has 0 saturated carbocycles. The fourth-order valence-electron chi connectivity index (χ4n) is 2.98. The lowest BCUT2D eigenvalue weighted by Crippen LogP contribution is -2.49. The van der Waals surface area contributed by atoms with Crippen molar-refractivity contribution >= 4 is 33.0 Å². The van der Waals surface area contributed by atoms with Gasteiger partial charge >= 0.3 is 0 Å². The van der Waals surface area contributed by atoms with Crippen LogP contribution in [0.2, 0.25) is 0 Å². The van der Waals surface area contributed by atoms with Gasteiger partial charge in [0, 0.05) is 58.6 Å². The highest BCUT2D eigenvalue weighted by atomic mass is 32.2. The Morgan fingerprint density at radius 3 is 2.57 bits per heavy atom. The van der Waals surface area contributed by atoms with Crippen LogP contribution in [-0.2, 0) is 16.6 Å². The SMILES string of the molecule is Cc1cc(CN2CCN(C(=S)Nc3cccc(S(=O)(=O)N(C)C)c3)CC2)no1. The second-order valence-corrected chi connectivity index (χ2v) is 9.48. The van der Waals surface area contributed by atoms with Crippen molar-refractivity contribution in [2.24, 2.45) is 0 Å². The number of benzene rings is 1. The minimum absolute atomic E-state index is 0.234. The van der Waals surface area contributed by atoms with E-state index in [0.29, 0.717) is 10.8 Å². The average Bonchev–Trinajstić information content (AvgIpc) is 3.07. The van der Waals surface area contributed by atoms with Gasteiger partial charge in [0.15, 0.2) is 5.11 Å². The summed E-state index contributed by atoms with van der Waals surface area (Å²) in [4.78, 5) is 4.63. The Bertz CT molecular complexity index is 934. The molecule has 0 spiro atoms. The summed E-state index contributed by atoms with van der Waals surface area (Å²) in [5.41, 5.74) is 1.60. The molecule has 1 aliphatic rings. The molecule has 1 saturated heterocycles. The van der Waals surface area contributed by atoms with Crippen LogP contribution in [0.1, 0.15) is 11.5 Å². The lowest BCUT2D eigenvalue weighted by atomic mass is 10.3. The molecule has 0 atom stereocenters. The van der Waals surface area contributed by atoms with E-state index in [0.717, 1.165) is 44.2 Å². The van der Waals surface area contributed by atoms with Crippen LogP contribution in [0.5, 0.6) is 0 Å². The van der Waals surface area contributed by atoms with E-state index in [1.54, 1.807) is 18.2 Å². The Morgan fingerprint density at radius 1 is 1.25 bits per heavy atom. The van der Waals surface area contributed by atoms with E-state index < -0.39 is 10.0 Å². The predicted octanol–water partition coefficient (Wildman–Crippen LogP) is 1.75. The first kappa shape index (κ1) is 20.7. The number of sulfonamides is 1. The third kappa shape index (κ3) is 4.88. The van der Waals surface area contributed by atoms with Gasteiger partial charge in [-0.1, -0.05) is 11.2 Å². The quantitative estimate of drug-likeness (QED) is 0.729. The highest BCUT2D eigenvalue weighted by Gasteiger charge is 2.21. The molecule has 28 heavy (non-hydrogen) atoms. The minimum Gasteiger partial charge on any atom is -0.361 e. The summed E-state index contributed by atoms with van der Waals surface area (Å²) in [6.07, 6.45) is 0. The molecule has 1 aliphatic heterocycles. The molecule has 1 aromatic carbocycles. The van der Waals surface area contributed by atoms with Crippen molar-refractivity contribution in [3.05, 3.63) is 41.8 Å². The van der Waals surface area contributed by atoms with Gasteiger partial charge in [-0.05, 0) is 37.3 Å². The zero-order valence-electron chi connectivity index (χ0n) is 16.3. The third-order valence-corrected chi connectivity index (χ3v) is 6.76. The number of aromatic nitrogens is 1. The van der Waals surface area contributed by atoms with E-state index >= 15 is 0 Å². The van der Waals surface area contributed by atoms with Gasteiger partial charge in [0.05, 0.1) is 10.6 Å². The number of nitrogens with zero attached hydrogens (tertiary/aromatic N) is 4. The number of anilines is 1. The van der Waals surface area contributed by atoms with Crippen molar-refractivity contribution in [3.8, 4) is 0 Å². The van der Waals surface area contributed by atoms with Crippen LogP contribution in [0, 0.1) is 6.92 Å². The van der Waals surface area contributed by atoms with Crippen LogP contribution in [-0.4, -0.2) is 73.1 Å². The third-order valence-electron chi connectivity index (χ3n) is 4.59. The molecule has 0 radical (unpaired) electrons. The van der Waals surface area contributed by atoms with Crippen molar-refractivity contribution in [3.63, 3.8) is 0 Å². The summed E-state index contributed by atoms with van der Waals surface area (Å²) in [6, 6.07) is 8.65. The molecular weight excluding hydrogens is 398 g/mol. The normalized spacial score (nSPS) is 15.8. The van der Waals surface area contributed by atoms with Crippen molar-refractivity contribution < 1.29 is 12.9 Å². The van der Waals surface area contributed by atoms with Gasteiger partial charge in [-0.3, -0.25) is 4.90 Å². The summed E-state index contributed by atoms with van der Waals surface area (Å²) in [5, 5.41) is 7.79. The van der Waals surface area contributed by atoms with Crippen molar-refractivity contribution in [2.75, 3.05) is 45.6 Å².